The molecule has 1 heterocycles. The van der Waals surface area contributed by atoms with Crippen LogP contribution in [0.4, 0.5) is 5.69 Å². The molecular weight excluding hydrogens is 262 g/mol. The number of hydrogen-bond donors (Lipinski definition) is 3. The van der Waals surface area contributed by atoms with Crippen LogP contribution < -0.4 is 16.0 Å². The number of hydrogen-bond acceptors (Lipinski definition) is 3. The molecule has 0 radical (unpaired) electrons. The molecule has 1 atom stereocenters. The number of halogens is 1. The van der Waals surface area contributed by atoms with Crippen molar-refractivity contribution in [1.82, 2.24) is 10.6 Å². The molecule has 0 saturated carbocycles. The number of benzene rings is 1. The fourth-order valence-corrected chi connectivity index (χ4v) is 2.24. The SMILES string of the molecule is CNC(=O)c1ccc(NCC2CCCNC2)cc1.Cl. The third-order valence-electron chi connectivity index (χ3n) is 3.37. The first-order chi connectivity index (χ1) is 8.79. The van der Waals surface area contributed by atoms with Crippen molar-refractivity contribution in [3.05, 3.63) is 29.8 Å². The molecule has 3 N–H and O–H groups in total. The fourth-order valence-electron chi connectivity index (χ4n) is 2.24. The van der Waals surface area contributed by atoms with Crippen LogP contribution in [0.5, 0.6) is 0 Å². The molecule has 1 aliphatic rings. The molecule has 106 valence electrons. The summed E-state index contributed by atoms with van der Waals surface area (Å²) in [4.78, 5) is 11.4. The van der Waals surface area contributed by atoms with Crippen LogP contribution >= 0.6 is 12.4 Å². The first-order valence-corrected chi connectivity index (χ1v) is 6.56. The van der Waals surface area contributed by atoms with E-state index in [1.165, 1.54) is 12.8 Å². The molecule has 1 aromatic carbocycles. The zero-order valence-electron chi connectivity index (χ0n) is 11.2. The van der Waals surface area contributed by atoms with Crippen molar-refractivity contribution in [2.24, 2.45) is 5.92 Å². The van der Waals surface area contributed by atoms with Gasteiger partial charge in [0.05, 0.1) is 0 Å². The maximum absolute atomic E-state index is 11.4. The van der Waals surface area contributed by atoms with Gasteiger partial charge in [0.2, 0.25) is 0 Å². The van der Waals surface area contributed by atoms with Crippen LogP contribution in [0.25, 0.3) is 0 Å². The summed E-state index contributed by atoms with van der Waals surface area (Å²) >= 11 is 0. The fraction of sp³-hybridized carbons (Fsp3) is 0.500. The summed E-state index contributed by atoms with van der Waals surface area (Å²) in [6, 6.07) is 7.61. The number of rotatable bonds is 4. The van der Waals surface area contributed by atoms with E-state index < -0.39 is 0 Å². The third-order valence-corrected chi connectivity index (χ3v) is 3.37. The van der Waals surface area contributed by atoms with E-state index in [4.69, 9.17) is 0 Å². The maximum atomic E-state index is 11.4. The Balaban J connectivity index is 0.00000180. The average Bonchev–Trinajstić information content (AvgIpc) is 2.46. The molecule has 1 saturated heterocycles. The Morgan fingerprint density at radius 3 is 2.68 bits per heavy atom. The Hall–Kier alpha value is -1.26. The van der Waals surface area contributed by atoms with Gasteiger partial charge in [-0.05, 0) is 56.1 Å². The molecule has 2 rings (SSSR count). The van der Waals surface area contributed by atoms with E-state index in [0.717, 1.165) is 25.3 Å². The minimum Gasteiger partial charge on any atom is -0.385 e. The highest BCUT2D eigenvalue weighted by Crippen LogP contribution is 2.13. The van der Waals surface area contributed by atoms with E-state index in [1.54, 1.807) is 7.05 Å². The molecule has 1 aromatic rings. The lowest BCUT2D eigenvalue weighted by molar-refractivity contribution is 0.0963. The van der Waals surface area contributed by atoms with Gasteiger partial charge in [-0.25, -0.2) is 0 Å². The van der Waals surface area contributed by atoms with E-state index in [9.17, 15) is 4.79 Å². The van der Waals surface area contributed by atoms with Gasteiger partial charge in [0.25, 0.3) is 5.91 Å². The van der Waals surface area contributed by atoms with Crippen molar-refractivity contribution in [3.63, 3.8) is 0 Å². The summed E-state index contributed by atoms with van der Waals surface area (Å²) in [7, 11) is 1.64. The Morgan fingerprint density at radius 1 is 1.37 bits per heavy atom. The van der Waals surface area contributed by atoms with Crippen LogP contribution in [0.3, 0.4) is 0 Å². The molecular formula is C14H22ClN3O. The first kappa shape index (κ1) is 15.8. The number of anilines is 1. The number of carbonyl (C=O) groups excluding carboxylic acids is 1. The summed E-state index contributed by atoms with van der Waals surface area (Å²) in [6.45, 7) is 3.24. The molecule has 19 heavy (non-hydrogen) atoms. The molecule has 0 aliphatic carbocycles. The van der Waals surface area contributed by atoms with E-state index in [1.807, 2.05) is 24.3 Å². The standard InChI is InChI=1S/C14H21N3O.ClH/c1-15-14(18)12-4-6-13(7-5-12)17-10-11-3-2-8-16-9-11;/h4-7,11,16-17H,2-3,8-10H2,1H3,(H,15,18);1H. The second-order valence-electron chi connectivity index (χ2n) is 4.75. The summed E-state index contributed by atoms with van der Waals surface area (Å²) in [5.74, 6) is 0.662. The van der Waals surface area contributed by atoms with Gasteiger partial charge in [-0.15, -0.1) is 12.4 Å². The topological polar surface area (TPSA) is 53.2 Å². The number of carbonyl (C=O) groups is 1. The van der Waals surface area contributed by atoms with Crippen molar-refractivity contribution >= 4 is 24.0 Å². The second-order valence-corrected chi connectivity index (χ2v) is 4.75. The molecule has 0 bridgehead atoms. The van der Waals surface area contributed by atoms with Gasteiger partial charge >= 0.3 is 0 Å². The number of amides is 1. The minimum atomic E-state index is -0.0435. The predicted octanol–water partition coefficient (Wildman–Crippen LogP) is 1.88. The smallest absolute Gasteiger partial charge is 0.251 e. The lowest BCUT2D eigenvalue weighted by atomic mass is 10.00. The molecule has 0 aromatic heterocycles. The minimum absolute atomic E-state index is 0. The van der Waals surface area contributed by atoms with Crippen molar-refractivity contribution in [2.75, 3.05) is 32.0 Å². The Kier molecular flexibility index (Phi) is 6.67. The molecule has 4 nitrogen and oxygen atoms in total. The van der Waals surface area contributed by atoms with Gasteiger partial charge in [-0.2, -0.15) is 0 Å². The van der Waals surface area contributed by atoms with E-state index in [2.05, 4.69) is 16.0 Å². The molecule has 5 heteroatoms. The molecule has 1 aliphatic heterocycles. The van der Waals surface area contributed by atoms with E-state index in [0.29, 0.717) is 11.5 Å². The zero-order valence-corrected chi connectivity index (χ0v) is 12.1. The van der Waals surface area contributed by atoms with E-state index in [-0.39, 0.29) is 18.3 Å². The first-order valence-electron chi connectivity index (χ1n) is 6.56. The van der Waals surface area contributed by atoms with Crippen molar-refractivity contribution in [1.29, 1.82) is 0 Å². The Bertz CT molecular complexity index is 388. The summed E-state index contributed by atoms with van der Waals surface area (Å²) in [6.07, 6.45) is 2.55. The monoisotopic (exact) mass is 283 g/mol. The van der Waals surface area contributed by atoms with E-state index >= 15 is 0 Å². The van der Waals surface area contributed by atoms with Crippen LogP contribution in [-0.4, -0.2) is 32.6 Å². The maximum Gasteiger partial charge on any atom is 0.251 e. The lowest BCUT2D eigenvalue weighted by Crippen LogP contribution is -2.33. The Morgan fingerprint density at radius 2 is 2.11 bits per heavy atom. The van der Waals surface area contributed by atoms with Crippen LogP contribution in [0.15, 0.2) is 24.3 Å². The van der Waals surface area contributed by atoms with Crippen molar-refractivity contribution in [2.45, 2.75) is 12.8 Å². The summed E-state index contributed by atoms with van der Waals surface area (Å²) in [5.41, 5.74) is 1.77. The quantitative estimate of drug-likeness (QED) is 0.791. The average molecular weight is 284 g/mol. The van der Waals surface area contributed by atoms with Crippen LogP contribution in [0.2, 0.25) is 0 Å². The molecule has 1 unspecified atom stereocenters. The lowest BCUT2D eigenvalue weighted by Gasteiger charge is -2.23. The van der Waals surface area contributed by atoms with Crippen LogP contribution in [-0.2, 0) is 0 Å². The Labute approximate surface area is 120 Å². The largest absolute Gasteiger partial charge is 0.385 e. The number of piperidine rings is 1. The van der Waals surface area contributed by atoms with Crippen molar-refractivity contribution < 1.29 is 4.79 Å². The van der Waals surface area contributed by atoms with Gasteiger partial charge in [0.1, 0.15) is 0 Å². The van der Waals surface area contributed by atoms with Gasteiger partial charge < -0.3 is 16.0 Å². The highest BCUT2D eigenvalue weighted by atomic mass is 35.5. The third kappa shape index (κ3) is 4.73. The zero-order chi connectivity index (χ0) is 12.8. The number of nitrogens with one attached hydrogen (secondary N) is 3. The van der Waals surface area contributed by atoms with Gasteiger partial charge in [0.15, 0.2) is 0 Å². The highest BCUT2D eigenvalue weighted by molar-refractivity contribution is 5.94. The normalized spacial score (nSPS) is 18.3. The summed E-state index contributed by atoms with van der Waals surface area (Å²) < 4.78 is 0. The predicted molar refractivity (Wildman–Crippen MR) is 81.2 cm³/mol. The van der Waals surface area contributed by atoms with Crippen LogP contribution in [0, 0.1) is 5.92 Å². The van der Waals surface area contributed by atoms with Gasteiger partial charge in [-0.1, -0.05) is 0 Å². The van der Waals surface area contributed by atoms with Crippen molar-refractivity contribution in [3.8, 4) is 0 Å². The van der Waals surface area contributed by atoms with Crippen LogP contribution in [0.1, 0.15) is 23.2 Å². The molecule has 1 fully saturated rings. The molecule has 1 amide bonds. The molecule has 0 spiro atoms. The summed E-state index contributed by atoms with van der Waals surface area (Å²) in [5, 5.41) is 9.45. The second kappa shape index (κ2) is 8.02. The highest BCUT2D eigenvalue weighted by Gasteiger charge is 2.12. The van der Waals surface area contributed by atoms with Gasteiger partial charge in [0, 0.05) is 24.8 Å². The van der Waals surface area contributed by atoms with Gasteiger partial charge in [-0.3, -0.25) is 4.79 Å².